The van der Waals surface area contributed by atoms with Gasteiger partial charge in [-0.15, -0.1) is 0 Å². The number of sulfone groups is 1. The number of halogens is 1. The van der Waals surface area contributed by atoms with E-state index in [1.54, 1.807) is 36.4 Å². The summed E-state index contributed by atoms with van der Waals surface area (Å²) in [5.74, 6) is 0.210. The minimum atomic E-state index is -3.33. The highest BCUT2D eigenvalue weighted by Crippen LogP contribution is 2.29. The van der Waals surface area contributed by atoms with E-state index in [1.165, 1.54) is 11.0 Å². The molecule has 1 aliphatic heterocycles. The Balaban J connectivity index is 1.97. The second-order valence-electron chi connectivity index (χ2n) is 7.03. The lowest BCUT2D eigenvalue weighted by Gasteiger charge is -2.28. The molecule has 0 saturated heterocycles. The number of aryl methyl sites for hydroxylation is 1. The lowest BCUT2D eigenvalue weighted by atomic mass is 10.1. The Labute approximate surface area is 170 Å². The summed E-state index contributed by atoms with van der Waals surface area (Å²) in [6.07, 6.45) is 1.57. The van der Waals surface area contributed by atoms with E-state index >= 15 is 0 Å². The highest BCUT2D eigenvalue weighted by atomic mass is 35.5. The van der Waals surface area contributed by atoms with Crippen molar-refractivity contribution in [2.24, 2.45) is 0 Å². The number of anilines is 1. The van der Waals surface area contributed by atoms with Gasteiger partial charge < -0.3 is 9.64 Å². The van der Waals surface area contributed by atoms with Crippen LogP contribution in [0.4, 0.5) is 5.69 Å². The zero-order valence-electron chi connectivity index (χ0n) is 15.9. The molecule has 3 rings (SSSR count). The Bertz CT molecular complexity index is 1010. The fraction of sp³-hybridized carbons (Fsp3) is 0.286. The third kappa shape index (κ3) is 4.56. The summed E-state index contributed by atoms with van der Waals surface area (Å²) in [5.41, 5.74) is 1.86. The van der Waals surface area contributed by atoms with Gasteiger partial charge in [-0.05, 0) is 68.8 Å². The van der Waals surface area contributed by atoms with Crippen molar-refractivity contribution in [1.29, 1.82) is 0 Å². The van der Waals surface area contributed by atoms with Gasteiger partial charge in [0.25, 0.3) is 5.91 Å². The van der Waals surface area contributed by atoms with E-state index in [0.717, 1.165) is 11.0 Å². The molecule has 7 heteroatoms. The standard InChI is InChI=1S/C21H22ClNO4S/c1-14(2)27-19-8-5-16(6-9-19)21(24)23(18-10-11-28(25,26)13-18)17-7-4-15(3)20(22)12-17/h4-12,14,18H,13H2,1-3H3. The van der Waals surface area contributed by atoms with Crippen LogP contribution in [0.1, 0.15) is 29.8 Å². The van der Waals surface area contributed by atoms with E-state index in [-0.39, 0.29) is 17.8 Å². The molecule has 28 heavy (non-hydrogen) atoms. The van der Waals surface area contributed by atoms with E-state index in [9.17, 15) is 13.2 Å². The van der Waals surface area contributed by atoms with Crippen LogP contribution in [-0.4, -0.2) is 32.2 Å². The number of hydrogen-bond donors (Lipinski definition) is 0. The number of carbonyl (C=O) groups is 1. The van der Waals surface area contributed by atoms with Crippen LogP contribution < -0.4 is 9.64 Å². The summed E-state index contributed by atoms with van der Waals surface area (Å²) in [5, 5.41) is 1.67. The smallest absolute Gasteiger partial charge is 0.258 e. The van der Waals surface area contributed by atoms with Crippen molar-refractivity contribution < 1.29 is 17.9 Å². The van der Waals surface area contributed by atoms with Gasteiger partial charge >= 0.3 is 0 Å². The van der Waals surface area contributed by atoms with Crippen molar-refractivity contribution in [3.8, 4) is 5.75 Å². The monoisotopic (exact) mass is 419 g/mol. The molecule has 0 fully saturated rings. The Kier molecular flexibility index (Phi) is 5.82. The van der Waals surface area contributed by atoms with Crippen LogP contribution in [0.5, 0.6) is 5.75 Å². The number of ether oxygens (including phenoxy) is 1. The van der Waals surface area contributed by atoms with Gasteiger partial charge in [-0.3, -0.25) is 4.79 Å². The molecule has 0 spiro atoms. The maximum absolute atomic E-state index is 13.3. The molecule has 1 amide bonds. The SMILES string of the molecule is Cc1ccc(N(C(=O)c2ccc(OC(C)C)cc2)C2C=CS(=O)(=O)C2)cc1Cl. The Morgan fingerprint density at radius 1 is 1.18 bits per heavy atom. The molecule has 1 heterocycles. The van der Waals surface area contributed by atoms with Crippen LogP contribution in [-0.2, 0) is 9.84 Å². The van der Waals surface area contributed by atoms with Crippen molar-refractivity contribution in [3.63, 3.8) is 0 Å². The lowest BCUT2D eigenvalue weighted by Crippen LogP contribution is -2.41. The molecule has 2 aromatic rings. The quantitative estimate of drug-likeness (QED) is 0.720. The van der Waals surface area contributed by atoms with E-state index < -0.39 is 15.9 Å². The maximum Gasteiger partial charge on any atom is 0.258 e. The lowest BCUT2D eigenvalue weighted by molar-refractivity contribution is 0.0983. The topological polar surface area (TPSA) is 63.7 Å². The molecule has 1 atom stereocenters. The number of nitrogens with zero attached hydrogens (tertiary/aromatic N) is 1. The third-order valence-corrected chi connectivity index (χ3v) is 6.15. The predicted molar refractivity (Wildman–Crippen MR) is 112 cm³/mol. The number of amides is 1. The second-order valence-corrected chi connectivity index (χ2v) is 9.36. The van der Waals surface area contributed by atoms with Crippen LogP contribution in [0.15, 0.2) is 53.9 Å². The molecule has 0 aliphatic carbocycles. The van der Waals surface area contributed by atoms with Crippen LogP contribution in [0.25, 0.3) is 0 Å². The van der Waals surface area contributed by atoms with Gasteiger partial charge in [-0.2, -0.15) is 0 Å². The molecular formula is C21H22ClNO4S. The van der Waals surface area contributed by atoms with Crippen molar-refractivity contribution in [1.82, 2.24) is 0 Å². The molecule has 148 valence electrons. The number of hydrogen-bond acceptors (Lipinski definition) is 4. The van der Waals surface area contributed by atoms with E-state index in [1.807, 2.05) is 26.8 Å². The molecule has 0 saturated carbocycles. The van der Waals surface area contributed by atoms with Gasteiger partial charge in [0.05, 0.1) is 17.9 Å². The van der Waals surface area contributed by atoms with Crippen LogP contribution >= 0.6 is 11.6 Å². The summed E-state index contributed by atoms with van der Waals surface area (Å²) in [6.45, 7) is 5.72. The van der Waals surface area contributed by atoms with Gasteiger partial charge in [0, 0.05) is 21.7 Å². The largest absolute Gasteiger partial charge is 0.491 e. The molecule has 0 aromatic heterocycles. The minimum absolute atomic E-state index is 0.0292. The van der Waals surface area contributed by atoms with Crippen LogP contribution in [0, 0.1) is 6.92 Å². The fourth-order valence-corrected chi connectivity index (χ4v) is 4.44. The van der Waals surface area contributed by atoms with Crippen LogP contribution in [0.3, 0.4) is 0 Å². The summed E-state index contributed by atoms with van der Waals surface area (Å²) in [4.78, 5) is 14.8. The summed E-state index contributed by atoms with van der Waals surface area (Å²) < 4.78 is 29.5. The normalized spacial score (nSPS) is 17.7. The summed E-state index contributed by atoms with van der Waals surface area (Å²) in [6, 6.07) is 11.5. The van der Waals surface area contributed by atoms with E-state index in [0.29, 0.717) is 22.0 Å². The van der Waals surface area contributed by atoms with Crippen LogP contribution in [0.2, 0.25) is 5.02 Å². The number of carbonyl (C=O) groups excluding carboxylic acids is 1. The summed E-state index contributed by atoms with van der Waals surface area (Å²) >= 11 is 6.25. The molecule has 2 aromatic carbocycles. The second kappa shape index (κ2) is 7.97. The highest BCUT2D eigenvalue weighted by molar-refractivity contribution is 7.94. The molecule has 0 N–H and O–H groups in total. The molecule has 0 radical (unpaired) electrons. The Morgan fingerprint density at radius 2 is 1.86 bits per heavy atom. The zero-order valence-corrected chi connectivity index (χ0v) is 17.5. The van der Waals surface area contributed by atoms with Gasteiger partial charge in [0.15, 0.2) is 9.84 Å². The molecule has 0 bridgehead atoms. The zero-order chi connectivity index (χ0) is 20.5. The number of benzene rings is 2. The Hall–Kier alpha value is -2.31. The first-order valence-electron chi connectivity index (χ1n) is 8.94. The minimum Gasteiger partial charge on any atom is -0.491 e. The van der Waals surface area contributed by atoms with E-state index in [2.05, 4.69) is 0 Å². The van der Waals surface area contributed by atoms with Crippen molar-refractivity contribution in [2.45, 2.75) is 32.9 Å². The van der Waals surface area contributed by atoms with E-state index in [4.69, 9.17) is 16.3 Å². The van der Waals surface area contributed by atoms with Gasteiger partial charge in [0.2, 0.25) is 0 Å². The Morgan fingerprint density at radius 3 is 2.39 bits per heavy atom. The van der Waals surface area contributed by atoms with Crippen molar-refractivity contribution in [2.75, 3.05) is 10.7 Å². The molecule has 1 unspecified atom stereocenters. The predicted octanol–water partition coefficient (Wildman–Crippen LogP) is 4.39. The first-order chi connectivity index (χ1) is 13.2. The fourth-order valence-electron chi connectivity index (χ4n) is 3.00. The third-order valence-electron chi connectivity index (χ3n) is 4.37. The first kappa shape index (κ1) is 20.4. The van der Waals surface area contributed by atoms with Crippen molar-refractivity contribution >= 4 is 33.0 Å². The van der Waals surface area contributed by atoms with Crippen molar-refractivity contribution in [3.05, 3.63) is 70.1 Å². The first-order valence-corrected chi connectivity index (χ1v) is 11.0. The highest BCUT2D eigenvalue weighted by Gasteiger charge is 2.32. The van der Waals surface area contributed by atoms with Gasteiger partial charge in [-0.25, -0.2) is 8.42 Å². The number of rotatable bonds is 5. The average molecular weight is 420 g/mol. The molecule has 5 nitrogen and oxygen atoms in total. The average Bonchev–Trinajstić information content (AvgIpc) is 2.97. The molecular weight excluding hydrogens is 398 g/mol. The maximum atomic E-state index is 13.3. The van der Waals surface area contributed by atoms with Gasteiger partial charge in [-0.1, -0.05) is 17.7 Å². The molecule has 1 aliphatic rings. The van der Waals surface area contributed by atoms with Gasteiger partial charge in [0.1, 0.15) is 5.75 Å². The summed E-state index contributed by atoms with van der Waals surface area (Å²) in [7, 11) is -3.33.